The van der Waals surface area contributed by atoms with Crippen LogP contribution < -0.4 is 5.32 Å². The summed E-state index contributed by atoms with van der Waals surface area (Å²) in [6, 6.07) is 9.38. The van der Waals surface area contributed by atoms with E-state index in [1.165, 1.54) is 4.31 Å². The molecular formula is C19H25N3O4S. The number of sulfonamides is 1. The molecule has 0 saturated carbocycles. The van der Waals surface area contributed by atoms with Gasteiger partial charge in [0.1, 0.15) is 10.6 Å². The number of hydrogen-bond acceptors (Lipinski definition) is 5. The number of anilines is 1. The van der Waals surface area contributed by atoms with E-state index >= 15 is 0 Å². The first-order chi connectivity index (χ1) is 12.9. The van der Waals surface area contributed by atoms with Gasteiger partial charge < -0.3 is 9.84 Å². The van der Waals surface area contributed by atoms with Crippen molar-refractivity contribution in [2.45, 2.75) is 44.4 Å². The average molecular weight is 391 g/mol. The van der Waals surface area contributed by atoms with Crippen LogP contribution in [0.25, 0.3) is 0 Å². The molecule has 0 bridgehead atoms. The number of hydrogen-bond donors (Lipinski definition) is 1. The molecular weight excluding hydrogens is 366 g/mol. The molecule has 1 fully saturated rings. The summed E-state index contributed by atoms with van der Waals surface area (Å²) in [6.45, 7) is 4.17. The van der Waals surface area contributed by atoms with Crippen molar-refractivity contribution < 1.29 is 17.7 Å². The van der Waals surface area contributed by atoms with Gasteiger partial charge in [0, 0.05) is 25.2 Å². The smallest absolute Gasteiger partial charge is 0.248 e. The lowest BCUT2D eigenvalue weighted by Crippen LogP contribution is -2.39. The van der Waals surface area contributed by atoms with Crippen molar-refractivity contribution in [3.63, 3.8) is 0 Å². The minimum atomic E-state index is -3.58. The van der Waals surface area contributed by atoms with Gasteiger partial charge in [0.05, 0.1) is 0 Å². The van der Waals surface area contributed by atoms with Crippen LogP contribution in [0.4, 0.5) is 5.69 Å². The fourth-order valence-corrected chi connectivity index (χ4v) is 5.25. The van der Waals surface area contributed by atoms with Crippen LogP contribution in [-0.4, -0.2) is 36.9 Å². The second-order valence-electron chi connectivity index (χ2n) is 6.95. The summed E-state index contributed by atoms with van der Waals surface area (Å²) < 4.78 is 32.2. The van der Waals surface area contributed by atoms with Gasteiger partial charge in [-0.2, -0.15) is 4.31 Å². The van der Waals surface area contributed by atoms with E-state index in [-0.39, 0.29) is 10.8 Å². The molecule has 1 saturated heterocycles. The molecule has 8 heteroatoms. The number of nitrogens with one attached hydrogen (secondary N) is 1. The number of nitrogens with zero attached hydrogens (tertiary/aromatic N) is 2. The number of aryl methyl sites for hydroxylation is 2. The maximum atomic E-state index is 12.8. The van der Waals surface area contributed by atoms with Gasteiger partial charge in [-0.25, -0.2) is 8.42 Å². The molecule has 0 spiro atoms. The number of rotatable bonds is 6. The third kappa shape index (κ3) is 4.56. The summed E-state index contributed by atoms with van der Waals surface area (Å²) in [5.74, 6) is 0.668. The Labute approximate surface area is 159 Å². The topological polar surface area (TPSA) is 92.5 Å². The lowest BCUT2D eigenvalue weighted by Gasteiger charge is -2.31. The number of amides is 1. The van der Waals surface area contributed by atoms with E-state index in [4.69, 9.17) is 4.52 Å². The monoisotopic (exact) mass is 391 g/mol. The van der Waals surface area contributed by atoms with Crippen molar-refractivity contribution in [1.82, 2.24) is 9.46 Å². The highest BCUT2D eigenvalue weighted by atomic mass is 32.2. The van der Waals surface area contributed by atoms with E-state index in [0.717, 1.165) is 24.9 Å². The number of piperidine rings is 1. The van der Waals surface area contributed by atoms with Gasteiger partial charge in [-0.15, -0.1) is 0 Å². The maximum absolute atomic E-state index is 12.8. The zero-order valence-corrected chi connectivity index (χ0v) is 16.5. The van der Waals surface area contributed by atoms with E-state index in [2.05, 4.69) is 10.5 Å². The fraction of sp³-hybridized carbons (Fsp3) is 0.474. The fourth-order valence-electron chi connectivity index (χ4n) is 3.49. The molecule has 1 aliphatic rings. The van der Waals surface area contributed by atoms with Crippen LogP contribution in [0.5, 0.6) is 0 Å². The van der Waals surface area contributed by atoms with Crippen LogP contribution in [0.1, 0.15) is 37.1 Å². The molecule has 1 aromatic heterocycles. The number of aromatic nitrogens is 1. The Morgan fingerprint density at radius 2 is 1.89 bits per heavy atom. The molecule has 0 unspecified atom stereocenters. The van der Waals surface area contributed by atoms with Crippen LogP contribution in [0, 0.1) is 19.8 Å². The molecule has 2 aromatic rings. The number of carbonyl (C=O) groups is 1. The van der Waals surface area contributed by atoms with E-state index in [1.807, 2.05) is 30.3 Å². The van der Waals surface area contributed by atoms with Crippen LogP contribution in [0.15, 0.2) is 39.8 Å². The number of carbonyl (C=O) groups excluding carboxylic acids is 1. The van der Waals surface area contributed by atoms with Gasteiger partial charge in [0.2, 0.25) is 15.9 Å². The van der Waals surface area contributed by atoms with E-state index in [9.17, 15) is 13.2 Å². The highest BCUT2D eigenvalue weighted by molar-refractivity contribution is 7.89. The minimum Gasteiger partial charge on any atom is -0.360 e. The quantitative estimate of drug-likeness (QED) is 0.817. The first kappa shape index (κ1) is 19.6. The maximum Gasteiger partial charge on any atom is 0.248 e. The first-order valence-corrected chi connectivity index (χ1v) is 10.6. The van der Waals surface area contributed by atoms with E-state index in [0.29, 0.717) is 36.9 Å². The van der Waals surface area contributed by atoms with Gasteiger partial charge in [-0.1, -0.05) is 23.4 Å². The zero-order chi connectivity index (χ0) is 19.4. The Kier molecular flexibility index (Phi) is 5.96. The molecule has 1 amide bonds. The van der Waals surface area contributed by atoms with Gasteiger partial charge in [0.15, 0.2) is 5.76 Å². The zero-order valence-electron chi connectivity index (χ0n) is 15.6. The van der Waals surface area contributed by atoms with Gasteiger partial charge in [0.25, 0.3) is 0 Å². The lowest BCUT2D eigenvalue weighted by atomic mass is 9.93. The number of para-hydroxylation sites is 1. The predicted molar refractivity (Wildman–Crippen MR) is 102 cm³/mol. The molecule has 1 N–H and O–H groups in total. The molecule has 27 heavy (non-hydrogen) atoms. The van der Waals surface area contributed by atoms with Crippen molar-refractivity contribution >= 4 is 21.6 Å². The molecule has 3 rings (SSSR count). The van der Waals surface area contributed by atoms with Crippen molar-refractivity contribution in [2.24, 2.45) is 5.92 Å². The third-order valence-corrected chi connectivity index (χ3v) is 7.12. The van der Waals surface area contributed by atoms with E-state index in [1.54, 1.807) is 13.8 Å². The van der Waals surface area contributed by atoms with Crippen LogP contribution in [-0.2, 0) is 14.8 Å². The van der Waals surface area contributed by atoms with Gasteiger partial charge >= 0.3 is 0 Å². The molecule has 7 nitrogen and oxygen atoms in total. The summed E-state index contributed by atoms with van der Waals surface area (Å²) in [5.41, 5.74) is 1.19. The van der Waals surface area contributed by atoms with Crippen LogP contribution in [0.3, 0.4) is 0 Å². The molecule has 0 atom stereocenters. The van der Waals surface area contributed by atoms with Gasteiger partial charge in [-0.05, 0) is 51.2 Å². The summed E-state index contributed by atoms with van der Waals surface area (Å²) in [4.78, 5) is 12.3. The molecule has 1 aromatic carbocycles. The summed E-state index contributed by atoms with van der Waals surface area (Å²) in [6.07, 6.45) is 2.70. The standard InChI is InChI=1S/C19H25N3O4S/c1-14-19(15(2)26-21-14)27(24,25)22-12-10-16(11-13-22)8-9-18(23)20-17-6-4-3-5-7-17/h3-7,16H,8-13H2,1-2H3,(H,20,23). The van der Waals surface area contributed by atoms with Crippen molar-refractivity contribution in [2.75, 3.05) is 18.4 Å². The molecule has 146 valence electrons. The SMILES string of the molecule is Cc1noc(C)c1S(=O)(=O)N1CCC(CCC(=O)Nc2ccccc2)CC1. The first-order valence-electron chi connectivity index (χ1n) is 9.16. The summed E-state index contributed by atoms with van der Waals surface area (Å²) in [5, 5.41) is 6.63. The highest BCUT2D eigenvalue weighted by Gasteiger charge is 2.33. The Morgan fingerprint density at radius 3 is 2.48 bits per heavy atom. The Hall–Kier alpha value is -2.19. The predicted octanol–water partition coefficient (Wildman–Crippen LogP) is 3.11. The highest BCUT2D eigenvalue weighted by Crippen LogP contribution is 2.29. The lowest BCUT2D eigenvalue weighted by molar-refractivity contribution is -0.116. The average Bonchev–Trinajstić information content (AvgIpc) is 3.00. The van der Waals surface area contributed by atoms with Crippen molar-refractivity contribution in [3.05, 3.63) is 41.8 Å². The Bertz CT molecular complexity index is 865. The molecule has 0 aliphatic carbocycles. The summed E-state index contributed by atoms with van der Waals surface area (Å²) >= 11 is 0. The van der Waals surface area contributed by atoms with E-state index < -0.39 is 10.0 Å². The minimum absolute atomic E-state index is 0.00743. The summed E-state index contributed by atoms with van der Waals surface area (Å²) in [7, 11) is -3.58. The van der Waals surface area contributed by atoms with Crippen LogP contribution in [0.2, 0.25) is 0 Å². The second-order valence-corrected chi connectivity index (χ2v) is 8.83. The third-order valence-electron chi connectivity index (χ3n) is 4.98. The molecule has 0 radical (unpaired) electrons. The normalized spacial score (nSPS) is 16.4. The van der Waals surface area contributed by atoms with Crippen LogP contribution >= 0.6 is 0 Å². The molecule has 2 heterocycles. The largest absolute Gasteiger partial charge is 0.360 e. The van der Waals surface area contributed by atoms with Gasteiger partial charge in [-0.3, -0.25) is 4.79 Å². The van der Waals surface area contributed by atoms with Crippen molar-refractivity contribution in [1.29, 1.82) is 0 Å². The Balaban J connectivity index is 1.50. The Morgan fingerprint density at radius 1 is 1.22 bits per heavy atom. The molecule has 1 aliphatic heterocycles. The second kappa shape index (κ2) is 8.22. The van der Waals surface area contributed by atoms with Crippen molar-refractivity contribution in [3.8, 4) is 0 Å². The number of benzene rings is 1.